The van der Waals surface area contributed by atoms with E-state index in [0.29, 0.717) is 24.1 Å². The third-order valence-corrected chi connectivity index (χ3v) is 6.70. The number of likely N-dealkylation sites (tertiary alicyclic amines) is 1. The summed E-state index contributed by atoms with van der Waals surface area (Å²) in [5.41, 5.74) is 2.58. The molecule has 1 amide bonds. The van der Waals surface area contributed by atoms with Gasteiger partial charge in [-0.2, -0.15) is 0 Å². The number of carbonyl (C=O) groups excluding carboxylic acids is 1. The Bertz CT molecular complexity index is 1010. The second-order valence-electron chi connectivity index (χ2n) is 8.32. The van der Waals surface area contributed by atoms with E-state index in [1.807, 2.05) is 36.5 Å². The minimum Gasteiger partial charge on any atom is -0.496 e. The molecule has 1 saturated heterocycles. The highest BCUT2D eigenvalue weighted by Gasteiger charge is 2.49. The third-order valence-electron chi connectivity index (χ3n) is 6.70. The molecule has 3 aromatic rings. The molecular weight excluding hydrogens is 362 g/mol. The average Bonchev–Trinajstić information content (AvgIpc) is 3.36. The number of hydrogen-bond donors (Lipinski definition) is 1. The zero-order chi connectivity index (χ0) is 20.6. The summed E-state index contributed by atoms with van der Waals surface area (Å²) >= 11 is 0. The van der Waals surface area contributed by atoms with Gasteiger partial charge in [0.15, 0.2) is 0 Å². The molecule has 1 N–H and O–H groups in total. The number of benzene rings is 1. The molecule has 2 aromatic heterocycles. The van der Waals surface area contributed by atoms with E-state index in [0.717, 1.165) is 29.5 Å². The molecule has 5 nitrogen and oxygen atoms in total. The van der Waals surface area contributed by atoms with Crippen LogP contribution >= 0.6 is 0 Å². The monoisotopic (exact) mass is 391 g/mol. The van der Waals surface area contributed by atoms with Crippen LogP contribution in [0.25, 0.3) is 10.9 Å². The molecule has 4 rings (SSSR count). The molecule has 0 saturated carbocycles. The molecule has 2 unspecified atom stereocenters. The highest BCUT2D eigenvalue weighted by molar-refractivity contribution is 6.00. The minimum atomic E-state index is -0.168. The molecule has 0 bridgehead atoms. The molecular formula is C24H29N3O2. The van der Waals surface area contributed by atoms with Crippen molar-refractivity contribution in [3.8, 4) is 5.75 Å². The molecule has 1 fully saturated rings. The number of nitrogens with one attached hydrogen (secondary N) is 1. The first-order valence-electron chi connectivity index (χ1n) is 10.4. The van der Waals surface area contributed by atoms with E-state index in [-0.39, 0.29) is 11.4 Å². The topological polar surface area (TPSA) is 58.2 Å². The molecule has 0 aliphatic carbocycles. The molecule has 152 valence electrons. The van der Waals surface area contributed by atoms with Crippen molar-refractivity contribution in [3.05, 3.63) is 60.0 Å². The lowest BCUT2D eigenvalue weighted by Crippen LogP contribution is -2.50. The zero-order valence-electron chi connectivity index (χ0n) is 17.6. The first-order valence-corrected chi connectivity index (χ1v) is 10.4. The first kappa shape index (κ1) is 19.5. The Balaban J connectivity index is 1.73. The van der Waals surface area contributed by atoms with Gasteiger partial charge in [0.05, 0.1) is 7.11 Å². The quantitative estimate of drug-likeness (QED) is 0.665. The van der Waals surface area contributed by atoms with Gasteiger partial charge < -0.3 is 14.6 Å². The van der Waals surface area contributed by atoms with Gasteiger partial charge in [0.1, 0.15) is 11.4 Å². The van der Waals surface area contributed by atoms with Gasteiger partial charge in [-0.25, -0.2) is 0 Å². The molecule has 0 radical (unpaired) electrons. The largest absolute Gasteiger partial charge is 0.496 e. The number of hydrogen-bond acceptors (Lipinski definition) is 3. The lowest BCUT2D eigenvalue weighted by atomic mass is 9.78. The number of H-pyrrole nitrogens is 1. The number of carbonyl (C=O) groups is 1. The van der Waals surface area contributed by atoms with Crippen LogP contribution in [0.3, 0.4) is 0 Å². The summed E-state index contributed by atoms with van der Waals surface area (Å²) < 4.78 is 5.47. The van der Waals surface area contributed by atoms with Crippen molar-refractivity contribution >= 4 is 16.8 Å². The van der Waals surface area contributed by atoms with Crippen LogP contribution in [0.1, 0.15) is 55.6 Å². The van der Waals surface area contributed by atoms with Gasteiger partial charge in [0.25, 0.3) is 5.91 Å². The SMILES string of the molecule is CCC1(C(C)C)CC(c2cccnc2)CN1C(=O)c1cc2c(OC)cccc2[nH]1. The van der Waals surface area contributed by atoms with Crippen LogP contribution in [-0.2, 0) is 0 Å². The Hall–Kier alpha value is -2.82. The van der Waals surface area contributed by atoms with Gasteiger partial charge in [0, 0.05) is 41.3 Å². The van der Waals surface area contributed by atoms with E-state index in [1.54, 1.807) is 13.3 Å². The van der Waals surface area contributed by atoms with Gasteiger partial charge in [-0.1, -0.05) is 32.9 Å². The Morgan fingerprint density at radius 3 is 2.83 bits per heavy atom. The van der Waals surface area contributed by atoms with Gasteiger partial charge in [-0.3, -0.25) is 9.78 Å². The fourth-order valence-corrected chi connectivity index (χ4v) is 4.99. The van der Waals surface area contributed by atoms with Crippen LogP contribution < -0.4 is 4.74 Å². The first-order chi connectivity index (χ1) is 14.0. The summed E-state index contributed by atoms with van der Waals surface area (Å²) in [5, 5.41) is 0.938. The van der Waals surface area contributed by atoms with Crippen LogP contribution in [0.15, 0.2) is 48.8 Å². The minimum absolute atomic E-state index is 0.0604. The lowest BCUT2D eigenvalue weighted by Gasteiger charge is -2.41. The average molecular weight is 392 g/mol. The summed E-state index contributed by atoms with van der Waals surface area (Å²) in [6.45, 7) is 7.36. The van der Waals surface area contributed by atoms with Gasteiger partial charge >= 0.3 is 0 Å². The number of aromatic nitrogens is 2. The maximum atomic E-state index is 13.7. The summed E-state index contributed by atoms with van der Waals surface area (Å²) in [7, 11) is 1.66. The van der Waals surface area contributed by atoms with Gasteiger partial charge in [-0.15, -0.1) is 0 Å². The molecule has 0 spiro atoms. The van der Waals surface area contributed by atoms with Crippen LogP contribution in [0.4, 0.5) is 0 Å². The molecule has 1 aromatic carbocycles. The number of amides is 1. The number of pyridine rings is 1. The van der Waals surface area contributed by atoms with E-state index in [2.05, 4.69) is 41.7 Å². The maximum Gasteiger partial charge on any atom is 0.270 e. The number of fused-ring (bicyclic) bond motifs is 1. The normalized spacial score (nSPS) is 21.8. The summed E-state index contributed by atoms with van der Waals surface area (Å²) in [6, 6.07) is 11.9. The molecule has 5 heteroatoms. The van der Waals surface area contributed by atoms with Crippen LogP contribution in [0.5, 0.6) is 5.75 Å². The van der Waals surface area contributed by atoms with Crippen molar-refractivity contribution in [1.29, 1.82) is 0 Å². The Morgan fingerprint density at radius 1 is 1.34 bits per heavy atom. The van der Waals surface area contributed by atoms with Crippen molar-refractivity contribution in [1.82, 2.24) is 14.9 Å². The zero-order valence-corrected chi connectivity index (χ0v) is 17.6. The van der Waals surface area contributed by atoms with Crippen molar-refractivity contribution in [2.45, 2.75) is 45.1 Å². The fourth-order valence-electron chi connectivity index (χ4n) is 4.99. The van der Waals surface area contributed by atoms with Crippen LogP contribution in [0, 0.1) is 5.92 Å². The molecule has 1 aliphatic rings. The lowest BCUT2D eigenvalue weighted by molar-refractivity contribution is 0.0458. The molecule has 2 atom stereocenters. The van der Waals surface area contributed by atoms with Crippen molar-refractivity contribution in [2.24, 2.45) is 5.92 Å². The van der Waals surface area contributed by atoms with Gasteiger partial charge in [-0.05, 0) is 48.6 Å². The van der Waals surface area contributed by atoms with Crippen LogP contribution in [-0.4, -0.2) is 40.0 Å². The number of nitrogens with zero attached hydrogens (tertiary/aromatic N) is 2. The Kier molecular flexibility index (Phi) is 5.07. The molecule has 1 aliphatic heterocycles. The highest BCUT2D eigenvalue weighted by Crippen LogP contribution is 2.46. The number of ether oxygens (including phenoxy) is 1. The van der Waals surface area contributed by atoms with Crippen molar-refractivity contribution in [2.75, 3.05) is 13.7 Å². The second-order valence-corrected chi connectivity index (χ2v) is 8.32. The summed E-state index contributed by atoms with van der Waals surface area (Å²) in [5.74, 6) is 1.49. The molecule has 3 heterocycles. The van der Waals surface area contributed by atoms with Gasteiger partial charge in [0.2, 0.25) is 0 Å². The highest BCUT2D eigenvalue weighted by atomic mass is 16.5. The fraction of sp³-hybridized carbons (Fsp3) is 0.417. The van der Waals surface area contributed by atoms with Crippen molar-refractivity contribution < 1.29 is 9.53 Å². The predicted octanol–water partition coefficient (Wildman–Crippen LogP) is 5.01. The van der Waals surface area contributed by atoms with Crippen molar-refractivity contribution in [3.63, 3.8) is 0 Å². The van der Waals surface area contributed by atoms with E-state index >= 15 is 0 Å². The number of methoxy groups -OCH3 is 1. The summed E-state index contributed by atoms with van der Waals surface area (Å²) in [4.78, 5) is 23.4. The number of aromatic amines is 1. The smallest absolute Gasteiger partial charge is 0.270 e. The third kappa shape index (κ3) is 3.18. The van der Waals surface area contributed by atoms with E-state index in [1.165, 1.54) is 5.56 Å². The van der Waals surface area contributed by atoms with E-state index in [4.69, 9.17) is 4.74 Å². The maximum absolute atomic E-state index is 13.7. The number of rotatable bonds is 5. The second kappa shape index (κ2) is 7.54. The Labute approximate surface area is 172 Å². The predicted molar refractivity (Wildman–Crippen MR) is 115 cm³/mol. The summed E-state index contributed by atoms with van der Waals surface area (Å²) in [6.07, 6.45) is 5.63. The van der Waals surface area contributed by atoms with E-state index < -0.39 is 0 Å². The molecule has 29 heavy (non-hydrogen) atoms. The van der Waals surface area contributed by atoms with Crippen LogP contribution in [0.2, 0.25) is 0 Å². The standard InChI is InChI=1S/C24H29N3O2/c1-5-24(16(2)3)13-18(17-8-7-11-25-14-17)15-27(24)23(28)21-12-19-20(26-21)9-6-10-22(19)29-4/h6-12,14,16,18,26H,5,13,15H2,1-4H3. The Morgan fingerprint density at radius 2 is 2.17 bits per heavy atom. The van der Waals surface area contributed by atoms with E-state index in [9.17, 15) is 4.79 Å².